The van der Waals surface area contributed by atoms with E-state index in [9.17, 15) is 4.39 Å². The average Bonchev–Trinajstić information content (AvgIpc) is 2.46. The summed E-state index contributed by atoms with van der Waals surface area (Å²) >= 11 is 1.83. The molecule has 0 radical (unpaired) electrons. The fraction of sp³-hybridized carbons (Fsp3) is 0.562. The summed E-state index contributed by atoms with van der Waals surface area (Å²) in [5.74, 6) is 1.73. The Morgan fingerprint density at radius 1 is 1.43 bits per heavy atom. The smallest absolute Gasteiger partial charge is 0.191 e. The number of nitrogens with zero attached hydrogens (tertiary/aromatic N) is 1. The van der Waals surface area contributed by atoms with Crippen LogP contribution in [0, 0.1) is 12.7 Å². The van der Waals surface area contributed by atoms with Crippen LogP contribution in [0.25, 0.3) is 0 Å². The van der Waals surface area contributed by atoms with E-state index in [-0.39, 0.29) is 11.9 Å². The van der Waals surface area contributed by atoms with Crippen LogP contribution >= 0.6 is 11.8 Å². The first kappa shape index (κ1) is 17.8. The van der Waals surface area contributed by atoms with Gasteiger partial charge >= 0.3 is 0 Å². The Bertz CT molecular complexity index is 463. The van der Waals surface area contributed by atoms with Crippen molar-refractivity contribution in [1.29, 1.82) is 0 Å². The van der Waals surface area contributed by atoms with Crippen molar-refractivity contribution in [3.8, 4) is 0 Å². The molecule has 0 aliphatic carbocycles. The Hall–Kier alpha value is -1.23. The zero-order valence-electron chi connectivity index (χ0n) is 13.4. The van der Waals surface area contributed by atoms with Gasteiger partial charge in [-0.15, -0.1) is 0 Å². The van der Waals surface area contributed by atoms with E-state index in [0.717, 1.165) is 36.8 Å². The van der Waals surface area contributed by atoms with Crippen molar-refractivity contribution in [2.45, 2.75) is 33.2 Å². The molecule has 0 aromatic heterocycles. The summed E-state index contributed by atoms with van der Waals surface area (Å²) in [4.78, 5) is 4.54. The number of aryl methyl sites for hydroxylation is 1. The van der Waals surface area contributed by atoms with Crippen LogP contribution in [0.15, 0.2) is 23.2 Å². The molecule has 1 rings (SSSR count). The molecule has 0 heterocycles. The summed E-state index contributed by atoms with van der Waals surface area (Å²) in [6, 6.07) is 5.36. The number of halogens is 1. The SMILES string of the molecule is CCNC(=NCCCSC)NC(C)c1ccc(C)c(F)c1. The van der Waals surface area contributed by atoms with Crippen LogP contribution in [0.4, 0.5) is 4.39 Å². The zero-order valence-corrected chi connectivity index (χ0v) is 14.2. The maximum atomic E-state index is 13.6. The molecule has 1 atom stereocenters. The molecule has 0 spiro atoms. The van der Waals surface area contributed by atoms with Crippen LogP contribution in [0.2, 0.25) is 0 Å². The van der Waals surface area contributed by atoms with Gasteiger partial charge in [0.15, 0.2) is 5.96 Å². The van der Waals surface area contributed by atoms with Crippen molar-refractivity contribution in [3.05, 3.63) is 35.1 Å². The highest BCUT2D eigenvalue weighted by Gasteiger charge is 2.09. The van der Waals surface area contributed by atoms with Crippen molar-refractivity contribution in [2.24, 2.45) is 4.99 Å². The maximum absolute atomic E-state index is 13.6. The Labute approximate surface area is 131 Å². The van der Waals surface area contributed by atoms with E-state index < -0.39 is 0 Å². The van der Waals surface area contributed by atoms with E-state index in [1.165, 1.54) is 0 Å². The summed E-state index contributed by atoms with van der Waals surface area (Å²) in [6.45, 7) is 7.43. The molecule has 0 bridgehead atoms. The lowest BCUT2D eigenvalue weighted by molar-refractivity contribution is 0.607. The van der Waals surface area contributed by atoms with E-state index in [0.29, 0.717) is 5.56 Å². The highest BCUT2D eigenvalue weighted by Crippen LogP contribution is 2.16. The second-order valence-corrected chi connectivity index (χ2v) is 5.97. The normalized spacial score (nSPS) is 13.1. The molecule has 1 unspecified atom stereocenters. The summed E-state index contributed by atoms with van der Waals surface area (Å²) in [6.07, 6.45) is 3.16. The van der Waals surface area contributed by atoms with Gasteiger partial charge in [-0.25, -0.2) is 4.39 Å². The van der Waals surface area contributed by atoms with E-state index in [2.05, 4.69) is 21.9 Å². The minimum Gasteiger partial charge on any atom is -0.357 e. The Balaban J connectivity index is 2.66. The van der Waals surface area contributed by atoms with Crippen molar-refractivity contribution >= 4 is 17.7 Å². The van der Waals surface area contributed by atoms with Crippen molar-refractivity contribution in [2.75, 3.05) is 25.1 Å². The van der Waals surface area contributed by atoms with E-state index in [1.807, 2.05) is 37.7 Å². The van der Waals surface area contributed by atoms with Gasteiger partial charge in [0.1, 0.15) is 5.82 Å². The molecule has 0 fully saturated rings. The summed E-state index contributed by atoms with van der Waals surface area (Å²) in [7, 11) is 0. The molecule has 0 amide bonds. The number of aliphatic imine (C=N–C) groups is 1. The number of benzene rings is 1. The summed E-state index contributed by atoms with van der Waals surface area (Å²) in [5.41, 5.74) is 1.59. The van der Waals surface area contributed by atoms with Crippen LogP contribution in [0.1, 0.15) is 37.4 Å². The van der Waals surface area contributed by atoms with Gasteiger partial charge in [0, 0.05) is 13.1 Å². The first-order chi connectivity index (χ1) is 10.1. The highest BCUT2D eigenvalue weighted by atomic mass is 32.2. The largest absolute Gasteiger partial charge is 0.357 e. The number of nitrogens with one attached hydrogen (secondary N) is 2. The van der Waals surface area contributed by atoms with Crippen molar-refractivity contribution in [3.63, 3.8) is 0 Å². The molecule has 2 N–H and O–H groups in total. The van der Waals surface area contributed by atoms with Gasteiger partial charge in [-0.3, -0.25) is 4.99 Å². The van der Waals surface area contributed by atoms with Gasteiger partial charge in [-0.05, 0) is 56.4 Å². The lowest BCUT2D eigenvalue weighted by Crippen LogP contribution is -2.38. The minimum atomic E-state index is -0.164. The first-order valence-corrected chi connectivity index (χ1v) is 8.77. The van der Waals surface area contributed by atoms with Gasteiger partial charge < -0.3 is 10.6 Å². The Morgan fingerprint density at radius 3 is 2.81 bits per heavy atom. The Morgan fingerprint density at radius 2 is 2.19 bits per heavy atom. The second-order valence-electron chi connectivity index (χ2n) is 4.98. The molecule has 21 heavy (non-hydrogen) atoms. The van der Waals surface area contributed by atoms with Crippen LogP contribution in [0.5, 0.6) is 0 Å². The molecule has 0 aliphatic heterocycles. The van der Waals surface area contributed by atoms with Crippen LogP contribution in [-0.2, 0) is 0 Å². The van der Waals surface area contributed by atoms with E-state index >= 15 is 0 Å². The van der Waals surface area contributed by atoms with Gasteiger partial charge in [0.25, 0.3) is 0 Å². The number of guanidine groups is 1. The van der Waals surface area contributed by atoms with Crippen molar-refractivity contribution < 1.29 is 4.39 Å². The van der Waals surface area contributed by atoms with Crippen LogP contribution in [-0.4, -0.2) is 31.1 Å². The second kappa shape index (κ2) is 9.66. The minimum absolute atomic E-state index is 0.0125. The first-order valence-electron chi connectivity index (χ1n) is 7.38. The monoisotopic (exact) mass is 311 g/mol. The molecule has 118 valence electrons. The van der Waals surface area contributed by atoms with Gasteiger partial charge in [-0.2, -0.15) is 11.8 Å². The quantitative estimate of drug-likeness (QED) is 0.460. The third kappa shape index (κ3) is 6.38. The van der Waals surface area contributed by atoms with Gasteiger partial charge in [0.2, 0.25) is 0 Å². The molecule has 3 nitrogen and oxygen atoms in total. The van der Waals surface area contributed by atoms with Crippen molar-refractivity contribution in [1.82, 2.24) is 10.6 Å². The molecule has 0 saturated carbocycles. The van der Waals surface area contributed by atoms with E-state index in [4.69, 9.17) is 0 Å². The lowest BCUT2D eigenvalue weighted by Gasteiger charge is -2.18. The molecule has 5 heteroatoms. The maximum Gasteiger partial charge on any atom is 0.191 e. The Kier molecular flexibility index (Phi) is 8.20. The molecule has 0 aliphatic rings. The number of hydrogen-bond donors (Lipinski definition) is 2. The van der Waals surface area contributed by atoms with E-state index in [1.54, 1.807) is 13.0 Å². The molecule has 1 aromatic rings. The standard InChI is InChI=1S/C16H26FN3S/c1-5-18-16(19-9-6-10-21-4)20-13(3)14-8-7-12(2)15(17)11-14/h7-8,11,13H,5-6,9-10H2,1-4H3,(H2,18,19,20). The third-order valence-electron chi connectivity index (χ3n) is 3.17. The third-order valence-corrected chi connectivity index (χ3v) is 3.87. The molecule has 1 aromatic carbocycles. The highest BCUT2D eigenvalue weighted by molar-refractivity contribution is 7.98. The van der Waals surface area contributed by atoms with Gasteiger partial charge in [-0.1, -0.05) is 12.1 Å². The lowest BCUT2D eigenvalue weighted by atomic mass is 10.1. The molecular formula is C16H26FN3S. The number of hydrogen-bond acceptors (Lipinski definition) is 2. The number of rotatable bonds is 7. The number of thioether (sulfide) groups is 1. The fourth-order valence-electron chi connectivity index (χ4n) is 1.89. The molecular weight excluding hydrogens is 285 g/mol. The average molecular weight is 311 g/mol. The summed E-state index contributed by atoms with van der Waals surface area (Å²) < 4.78 is 13.6. The van der Waals surface area contributed by atoms with Crippen LogP contribution < -0.4 is 10.6 Å². The molecule has 0 saturated heterocycles. The fourth-order valence-corrected chi connectivity index (χ4v) is 2.30. The predicted octanol–water partition coefficient (Wildman–Crippen LogP) is 3.50. The topological polar surface area (TPSA) is 36.4 Å². The van der Waals surface area contributed by atoms with Gasteiger partial charge in [0.05, 0.1) is 6.04 Å². The van der Waals surface area contributed by atoms with Crippen LogP contribution in [0.3, 0.4) is 0 Å². The summed E-state index contributed by atoms with van der Waals surface area (Å²) in [5, 5.41) is 6.55. The predicted molar refractivity (Wildman–Crippen MR) is 91.7 cm³/mol. The zero-order chi connectivity index (χ0) is 15.7.